The lowest BCUT2D eigenvalue weighted by Crippen LogP contribution is -2.19. The molecule has 0 aliphatic heterocycles. The average molecular weight is 307 g/mol. The third kappa shape index (κ3) is 4.14. The molecule has 1 aromatic carbocycles. The van der Waals surface area contributed by atoms with E-state index in [1.165, 1.54) is 18.3 Å². The van der Waals surface area contributed by atoms with Crippen LogP contribution in [0.4, 0.5) is 4.39 Å². The summed E-state index contributed by atoms with van der Waals surface area (Å²) in [6, 6.07) is 4.43. The second kappa shape index (κ2) is 5.19. The van der Waals surface area contributed by atoms with Crippen molar-refractivity contribution >= 4 is 33.1 Å². The maximum Gasteiger partial charge on any atom is 0.194 e. The first-order valence-electron chi connectivity index (χ1n) is 4.76. The van der Waals surface area contributed by atoms with Crippen molar-refractivity contribution in [2.45, 2.75) is 25.5 Å². The summed E-state index contributed by atoms with van der Waals surface area (Å²) in [4.78, 5) is 0. The predicted molar refractivity (Wildman–Crippen MR) is 70.9 cm³/mol. The summed E-state index contributed by atoms with van der Waals surface area (Å²) < 4.78 is 28.9. The molecule has 0 saturated carbocycles. The van der Waals surface area contributed by atoms with Crippen LogP contribution in [-0.4, -0.2) is 11.0 Å². The molecule has 1 aromatic rings. The molecule has 0 amide bonds. The normalized spacial score (nSPS) is 14.3. The van der Waals surface area contributed by atoms with Gasteiger partial charge in [0.2, 0.25) is 0 Å². The molecular weight excluding hydrogens is 293 g/mol. The molecule has 0 heterocycles. The van der Waals surface area contributed by atoms with Gasteiger partial charge in [-0.25, -0.2) is 4.39 Å². The smallest absolute Gasteiger partial charge is 0.194 e. The molecule has 1 rings (SSSR count). The van der Waals surface area contributed by atoms with Crippen LogP contribution in [0.2, 0.25) is 0 Å². The fourth-order valence-electron chi connectivity index (χ4n) is 0.942. The van der Waals surface area contributed by atoms with Crippen LogP contribution in [0.1, 0.15) is 26.3 Å². The molecule has 5 heteroatoms. The molecule has 0 aromatic heterocycles. The SMILES string of the molecule is CC(C)(C)[SH+](=O)/N=C/c1cc(F)cc(Br)c1. The molecule has 0 bridgehead atoms. The molecule has 2 nitrogen and oxygen atoms in total. The van der Waals surface area contributed by atoms with Gasteiger partial charge in [0.1, 0.15) is 10.6 Å². The summed E-state index contributed by atoms with van der Waals surface area (Å²) in [5, 5.41) is 0. The van der Waals surface area contributed by atoms with Gasteiger partial charge in [-0.3, -0.25) is 0 Å². The molecule has 16 heavy (non-hydrogen) atoms. The highest BCUT2D eigenvalue weighted by Crippen LogP contribution is 2.15. The van der Waals surface area contributed by atoms with Gasteiger partial charge in [-0.2, -0.15) is 0 Å². The van der Waals surface area contributed by atoms with Gasteiger partial charge in [0.15, 0.2) is 11.0 Å². The second-order valence-corrected chi connectivity index (χ2v) is 7.43. The Balaban J connectivity index is 2.89. The first kappa shape index (κ1) is 13.5. The largest absolute Gasteiger partial charge is 0.207 e. The minimum absolute atomic E-state index is 0.346. The summed E-state index contributed by atoms with van der Waals surface area (Å²) in [6.07, 6.45) is 1.44. The highest BCUT2D eigenvalue weighted by molar-refractivity contribution is 9.10. The van der Waals surface area contributed by atoms with Crippen LogP contribution in [0.5, 0.6) is 0 Å². The van der Waals surface area contributed by atoms with Gasteiger partial charge in [0.25, 0.3) is 0 Å². The van der Waals surface area contributed by atoms with Crippen molar-refractivity contribution in [3.63, 3.8) is 0 Å². The number of benzene rings is 1. The van der Waals surface area contributed by atoms with Crippen LogP contribution in [0.3, 0.4) is 0 Å². The van der Waals surface area contributed by atoms with Gasteiger partial charge in [-0.05, 0) is 39.0 Å². The highest BCUT2D eigenvalue weighted by Gasteiger charge is 2.24. The molecule has 0 N–H and O–H groups in total. The van der Waals surface area contributed by atoms with Gasteiger partial charge < -0.3 is 0 Å². The molecule has 88 valence electrons. The molecule has 0 radical (unpaired) electrons. The zero-order valence-electron chi connectivity index (χ0n) is 9.37. The molecule has 0 aliphatic carbocycles. The monoisotopic (exact) mass is 306 g/mol. The lowest BCUT2D eigenvalue weighted by Gasteiger charge is -2.06. The maximum atomic E-state index is 13.0. The van der Waals surface area contributed by atoms with Crippen LogP contribution in [0.15, 0.2) is 27.1 Å². The van der Waals surface area contributed by atoms with Gasteiger partial charge in [0, 0.05) is 10.0 Å². The van der Waals surface area contributed by atoms with E-state index in [9.17, 15) is 8.60 Å². The van der Waals surface area contributed by atoms with Crippen molar-refractivity contribution in [3.05, 3.63) is 34.1 Å². The summed E-state index contributed by atoms with van der Waals surface area (Å²) in [7, 11) is -1.68. The minimum atomic E-state index is -1.68. The number of hydrogen-bond acceptors (Lipinski definition) is 1. The van der Waals surface area contributed by atoms with Crippen LogP contribution in [0.25, 0.3) is 0 Å². The van der Waals surface area contributed by atoms with Crippen molar-refractivity contribution < 1.29 is 8.60 Å². The van der Waals surface area contributed by atoms with Gasteiger partial charge >= 0.3 is 0 Å². The van der Waals surface area contributed by atoms with Gasteiger partial charge in [-0.15, -0.1) is 0 Å². The molecule has 0 aliphatic rings. The van der Waals surface area contributed by atoms with Crippen molar-refractivity contribution in [3.8, 4) is 0 Å². The van der Waals surface area contributed by atoms with E-state index in [-0.39, 0.29) is 10.6 Å². The fourth-order valence-corrected chi connectivity index (χ4v) is 2.01. The Morgan fingerprint density at radius 3 is 2.50 bits per heavy atom. The molecular formula is C11H14BrFNOS+. The van der Waals surface area contributed by atoms with E-state index in [0.717, 1.165) is 0 Å². The first-order valence-corrected chi connectivity index (χ1v) is 6.77. The zero-order chi connectivity index (χ0) is 12.3. The van der Waals surface area contributed by atoms with Gasteiger partial charge in [0.05, 0.1) is 6.21 Å². The average Bonchev–Trinajstić information content (AvgIpc) is 2.11. The standard InChI is InChI=1S/C11H13BrFNOS/c1-11(2,3)16(15)14-7-8-4-9(12)6-10(13)5-8/h4-7H,1-3H3/p+1/b14-7+. The summed E-state index contributed by atoms with van der Waals surface area (Å²) in [5.41, 5.74) is 0.597. The van der Waals surface area contributed by atoms with E-state index in [0.29, 0.717) is 10.0 Å². The zero-order valence-corrected chi connectivity index (χ0v) is 11.8. The number of thiol groups is 1. The quantitative estimate of drug-likeness (QED) is 0.468. The number of rotatable bonds is 2. The Kier molecular flexibility index (Phi) is 4.38. The van der Waals surface area contributed by atoms with Crippen molar-refractivity contribution in [2.24, 2.45) is 4.40 Å². The second-order valence-electron chi connectivity index (χ2n) is 4.39. The number of halogens is 2. The maximum absolute atomic E-state index is 13.0. The van der Waals surface area contributed by atoms with Crippen LogP contribution < -0.4 is 0 Å². The van der Waals surface area contributed by atoms with E-state index >= 15 is 0 Å². The first-order chi connectivity index (χ1) is 7.29. The van der Waals surface area contributed by atoms with E-state index in [1.807, 2.05) is 20.8 Å². The topological polar surface area (TPSA) is 29.4 Å². The minimum Gasteiger partial charge on any atom is -0.207 e. The summed E-state index contributed by atoms with van der Waals surface area (Å²) in [6.45, 7) is 5.56. The van der Waals surface area contributed by atoms with Crippen LogP contribution >= 0.6 is 15.9 Å². The Morgan fingerprint density at radius 1 is 1.38 bits per heavy atom. The third-order valence-corrected chi connectivity index (χ3v) is 3.70. The summed E-state index contributed by atoms with van der Waals surface area (Å²) >= 11 is 3.18. The molecule has 0 saturated heterocycles. The molecule has 0 fully saturated rings. The lowest BCUT2D eigenvalue weighted by atomic mass is 10.2. The molecule has 1 unspecified atom stereocenters. The van der Waals surface area contributed by atoms with Crippen LogP contribution in [-0.2, 0) is 15.2 Å². The number of nitrogens with zero attached hydrogens (tertiary/aromatic N) is 1. The highest BCUT2D eigenvalue weighted by atomic mass is 79.9. The molecule has 0 spiro atoms. The van der Waals surface area contributed by atoms with E-state index in [1.54, 1.807) is 6.07 Å². The van der Waals surface area contributed by atoms with Crippen LogP contribution in [0, 0.1) is 5.82 Å². The van der Waals surface area contributed by atoms with E-state index < -0.39 is 11.0 Å². The third-order valence-electron chi connectivity index (χ3n) is 1.77. The lowest BCUT2D eigenvalue weighted by molar-refractivity contribution is 0.576. The van der Waals surface area contributed by atoms with E-state index in [4.69, 9.17) is 0 Å². The van der Waals surface area contributed by atoms with Crippen molar-refractivity contribution in [2.75, 3.05) is 0 Å². The molecule has 1 atom stereocenters. The van der Waals surface area contributed by atoms with Crippen molar-refractivity contribution in [1.29, 1.82) is 0 Å². The van der Waals surface area contributed by atoms with E-state index in [2.05, 4.69) is 20.3 Å². The Morgan fingerprint density at radius 2 is 2.00 bits per heavy atom. The Hall–Kier alpha value is -0.550. The summed E-state index contributed by atoms with van der Waals surface area (Å²) in [5.74, 6) is -0.346. The Bertz CT molecular complexity index is 420. The van der Waals surface area contributed by atoms with Crippen molar-refractivity contribution in [1.82, 2.24) is 0 Å². The Labute approximate surface area is 106 Å². The number of hydrogen-bond donors (Lipinski definition) is 0. The fraction of sp³-hybridized carbons (Fsp3) is 0.364. The predicted octanol–water partition coefficient (Wildman–Crippen LogP) is 3.42. The van der Waals surface area contributed by atoms with Gasteiger partial charge in [-0.1, -0.05) is 24.5 Å².